The molecule has 0 bridgehead atoms. The number of rotatable bonds is 3. The number of aliphatic imine (C=N–C) groups is 1. The number of aromatic nitrogens is 1. The second kappa shape index (κ2) is 7.08. The van der Waals surface area contributed by atoms with E-state index in [-0.39, 0.29) is 17.9 Å². The van der Waals surface area contributed by atoms with Crippen LogP contribution in [-0.4, -0.2) is 71.3 Å². The van der Waals surface area contributed by atoms with Crippen molar-refractivity contribution >= 4 is 17.8 Å². The number of hydrogen-bond acceptors (Lipinski definition) is 6. The number of carbonyl (C=O) groups excluding carboxylic acids is 1. The topological polar surface area (TPSA) is 55.3 Å². The number of likely N-dealkylation sites (N-methyl/N-ethyl adjacent to an activating group) is 1. The number of anilines is 1. The molecule has 1 atom stereocenters. The van der Waals surface area contributed by atoms with E-state index in [0.29, 0.717) is 38.3 Å². The van der Waals surface area contributed by atoms with Gasteiger partial charge in [0.2, 0.25) is 5.91 Å². The molecule has 164 valence electrons. The number of halogens is 3. The molecule has 1 aromatic heterocycles. The molecular formula is C21H23F3N6O. The summed E-state index contributed by atoms with van der Waals surface area (Å²) in [5, 5.41) is 4.20. The molecular weight excluding hydrogens is 409 g/mol. The maximum Gasteiger partial charge on any atom is 0.433 e. The van der Waals surface area contributed by atoms with Gasteiger partial charge in [0.25, 0.3) is 0 Å². The molecule has 5 heterocycles. The lowest BCUT2D eigenvalue weighted by atomic mass is 9.95. The van der Waals surface area contributed by atoms with Crippen LogP contribution in [0.2, 0.25) is 0 Å². The second-order valence-corrected chi connectivity index (χ2v) is 8.50. The van der Waals surface area contributed by atoms with Gasteiger partial charge in [0, 0.05) is 68.7 Å². The molecule has 0 aliphatic carbocycles. The van der Waals surface area contributed by atoms with Crippen LogP contribution in [0, 0.1) is 5.92 Å². The Morgan fingerprint density at radius 1 is 1.26 bits per heavy atom. The van der Waals surface area contributed by atoms with Gasteiger partial charge in [0.05, 0.1) is 12.2 Å². The van der Waals surface area contributed by atoms with Gasteiger partial charge in [-0.2, -0.15) is 13.2 Å². The highest BCUT2D eigenvalue weighted by atomic mass is 19.4. The van der Waals surface area contributed by atoms with E-state index in [0.717, 1.165) is 23.2 Å². The van der Waals surface area contributed by atoms with Gasteiger partial charge in [-0.1, -0.05) is 0 Å². The van der Waals surface area contributed by atoms with Crippen molar-refractivity contribution in [3.05, 3.63) is 47.2 Å². The average Bonchev–Trinajstić information content (AvgIpc) is 3.24. The van der Waals surface area contributed by atoms with Gasteiger partial charge in [0.15, 0.2) is 0 Å². The van der Waals surface area contributed by atoms with Crippen LogP contribution in [0.15, 0.2) is 46.5 Å². The van der Waals surface area contributed by atoms with Crippen molar-refractivity contribution in [1.82, 2.24) is 19.9 Å². The highest BCUT2D eigenvalue weighted by Gasteiger charge is 2.39. The number of amides is 1. The maximum absolute atomic E-state index is 12.9. The van der Waals surface area contributed by atoms with Crippen molar-refractivity contribution in [2.45, 2.75) is 25.6 Å². The molecule has 0 saturated carbocycles. The SMILES string of the molecule is CC1C=C2N=CC3=C(CN(C(=O)CC4CN(c5ccnc(C(F)(F)F)c5)C4)C3)N2N1C. The number of fused-ring (bicyclic) bond motifs is 2. The fraction of sp³-hybridized carbons (Fsp3) is 0.476. The van der Waals surface area contributed by atoms with E-state index in [1.807, 2.05) is 23.1 Å². The largest absolute Gasteiger partial charge is 0.433 e. The summed E-state index contributed by atoms with van der Waals surface area (Å²) in [7, 11) is 2.01. The summed E-state index contributed by atoms with van der Waals surface area (Å²) in [6.45, 7) is 4.31. The quantitative estimate of drug-likeness (QED) is 0.735. The zero-order valence-corrected chi connectivity index (χ0v) is 17.3. The van der Waals surface area contributed by atoms with Crippen LogP contribution in [0.3, 0.4) is 0 Å². The maximum atomic E-state index is 12.9. The molecule has 5 rings (SSSR count). The van der Waals surface area contributed by atoms with Gasteiger partial charge >= 0.3 is 6.18 Å². The van der Waals surface area contributed by atoms with Gasteiger partial charge in [-0.15, -0.1) is 0 Å². The summed E-state index contributed by atoms with van der Waals surface area (Å²) in [6, 6.07) is 2.88. The molecule has 0 N–H and O–H groups in total. The van der Waals surface area contributed by atoms with Gasteiger partial charge in [-0.05, 0) is 25.1 Å². The Balaban J connectivity index is 1.17. The summed E-state index contributed by atoms with van der Waals surface area (Å²) in [5.41, 5.74) is 1.74. The molecule has 0 radical (unpaired) electrons. The molecule has 1 aromatic rings. The third-order valence-corrected chi connectivity index (χ3v) is 6.37. The standard InChI is InChI=1S/C21H23F3N6O/c1-13-5-19-26-8-15-11-29(12-17(15)30(19)27(13)2)20(31)6-14-9-28(10-14)16-3-4-25-18(7-16)21(22,23)24/h3-5,7-8,13-14H,6,9-12H2,1-2H3. The normalized spacial score (nSPS) is 23.8. The zero-order valence-electron chi connectivity index (χ0n) is 17.3. The minimum Gasteiger partial charge on any atom is -0.371 e. The van der Waals surface area contributed by atoms with Gasteiger partial charge in [-0.25, -0.2) is 10.0 Å². The highest BCUT2D eigenvalue weighted by molar-refractivity contribution is 5.87. The molecule has 7 nitrogen and oxygen atoms in total. The van der Waals surface area contributed by atoms with Gasteiger partial charge in [-0.3, -0.25) is 14.8 Å². The summed E-state index contributed by atoms with van der Waals surface area (Å²) < 4.78 is 38.6. The van der Waals surface area contributed by atoms with Crippen LogP contribution in [-0.2, 0) is 11.0 Å². The summed E-state index contributed by atoms with van der Waals surface area (Å²) in [4.78, 5) is 24.5. The Morgan fingerprint density at radius 3 is 2.77 bits per heavy atom. The minimum atomic E-state index is -4.46. The number of alkyl halides is 3. The van der Waals surface area contributed by atoms with E-state index < -0.39 is 11.9 Å². The Labute approximate surface area is 178 Å². The molecule has 4 aliphatic heterocycles. The number of hydrazine groups is 1. The Bertz CT molecular complexity index is 1010. The first-order valence-corrected chi connectivity index (χ1v) is 10.3. The Kier molecular flexibility index (Phi) is 4.58. The van der Waals surface area contributed by atoms with E-state index in [9.17, 15) is 18.0 Å². The molecule has 1 amide bonds. The Morgan fingerprint density at radius 2 is 2.03 bits per heavy atom. The van der Waals surface area contributed by atoms with Crippen LogP contribution in [0.5, 0.6) is 0 Å². The highest BCUT2D eigenvalue weighted by Crippen LogP contribution is 2.36. The predicted molar refractivity (Wildman–Crippen MR) is 109 cm³/mol. The molecule has 1 unspecified atom stereocenters. The smallest absolute Gasteiger partial charge is 0.371 e. The van der Waals surface area contributed by atoms with Crippen molar-refractivity contribution in [1.29, 1.82) is 0 Å². The van der Waals surface area contributed by atoms with Crippen LogP contribution in [0.4, 0.5) is 18.9 Å². The molecule has 1 saturated heterocycles. The van der Waals surface area contributed by atoms with Gasteiger partial charge in [0.1, 0.15) is 11.5 Å². The van der Waals surface area contributed by atoms with E-state index in [1.54, 1.807) is 6.07 Å². The van der Waals surface area contributed by atoms with Crippen molar-refractivity contribution in [3.63, 3.8) is 0 Å². The van der Waals surface area contributed by atoms with E-state index in [2.05, 4.69) is 33.0 Å². The van der Waals surface area contributed by atoms with E-state index in [1.165, 1.54) is 6.20 Å². The molecule has 4 aliphatic rings. The van der Waals surface area contributed by atoms with E-state index >= 15 is 0 Å². The summed E-state index contributed by atoms with van der Waals surface area (Å²) in [6.07, 6.45) is 1.05. The third-order valence-electron chi connectivity index (χ3n) is 6.37. The van der Waals surface area contributed by atoms with E-state index in [4.69, 9.17) is 0 Å². The summed E-state index contributed by atoms with van der Waals surface area (Å²) in [5.74, 6) is 1.10. The first-order valence-electron chi connectivity index (χ1n) is 10.3. The fourth-order valence-electron chi connectivity index (χ4n) is 4.50. The molecule has 1 fully saturated rings. The second-order valence-electron chi connectivity index (χ2n) is 8.50. The number of hydrogen-bond donors (Lipinski definition) is 0. The van der Waals surface area contributed by atoms with Crippen LogP contribution >= 0.6 is 0 Å². The first-order chi connectivity index (χ1) is 14.7. The average molecular weight is 432 g/mol. The van der Waals surface area contributed by atoms with Gasteiger partial charge < -0.3 is 9.80 Å². The lowest BCUT2D eigenvalue weighted by molar-refractivity contribution is -0.141. The molecule has 0 aromatic carbocycles. The Hall–Kier alpha value is -2.88. The van der Waals surface area contributed by atoms with Crippen molar-refractivity contribution in [3.8, 4) is 0 Å². The number of pyridine rings is 1. The third kappa shape index (κ3) is 3.48. The lowest BCUT2D eigenvalue weighted by Crippen LogP contribution is -2.49. The molecule has 0 spiro atoms. The number of nitrogens with zero attached hydrogens (tertiary/aromatic N) is 6. The monoisotopic (exact) mass is 432 g/mol. The van der Waals surface area contributed by atoms with Crippen LogP contribution in [0.25, 0.3) is 0 Å². The molecule has 10 heteroatoms. The fourth-order valence-corrected chi connectivity index (χ4v) is 4.50. The summed E-state index contributed by atoms with van der Waals surface area (Å²) >= 11 is 0. The molecule has 31 heavy (non-hydrogen) atoms. The minimum absolute atomic E-state index is 0.0681. The van der Waals surface area contributed by atoms with Crippen molar-refractivity contribution in [2.75, 3.05) is 38.1 Å². The van der Waals surface area contributed by atoms with Crippen molar-refractivity contribution in [2.24, 2.45) is 10.9 Å². The zero-order chi connectivity index (χ0) is 21.9. The predicted octanol–water partition coefficient (Wildman–Crippen LogP) is 2.50. The van der Waals surface area contributed by atoms with Crippen LogP contribution < -0.4 is 4.90 Å². The van der Waals surface area contributed by atoms with Crippen molar-refractivity contribution < 1.29 is 18.0 Å². The van der Waals surface area contributed by atoms with Crippen LogP contribution in [0.1, 0.15) is 19.0 Å². The number of carbonyl (C=O) groups is 1. The first kappa shape index (κ1) is 20.0. The lowest BCUT2D eigenvalue weighted by Gasteiger charge is -2.41.